The monoisotopic (exact) mass is 770 g/mol. The number of aryl methyl sites for hydroxylation is 1. The fourth-order valence-corrected chi connectivity index (χ4v) is 9.84. The molecule has 3 aromatic carbocycles. The molecule has 2 bridgehead atoms. The van der Waals surface area contributed by atoms with Crippen LogP contribution in [0.1, 0.15) is 118 Å². The molecule has 8 heteroatoms. The van der Waals surface area contributed by atoms with Gasteiger partial charge in [0.05, 0.1) is 12.2 Å². The number of hydrogen-bond acceptors (Lipinski definition) is 8. The lowest BCUT2D eigenvalue weighted by molar-refractivity contribution is -0.201. The summed E-state index contributed by atoms with van der Waals surface area (Å²) in [6.07, 6.45) is 9.80. The molecule has 0 saturated heterocycles. The van der Waals surface area contributed by atoms with E-state index in [1.165, 1.54) is 5.56 Å². The van der Waals surface area contributed by atoms with Gasteiger partial charge in [-0.05, 0) is 93.7 Å². The molecule has 4 aromatic rings. The second kappa shape index (κ2) is 16.5. The lowest BCUT2D eigenvalue weighted by Crippen LogP contribution is -2.58. The van der Waals surface area contributed by atoms with E-state index in [4.69, 9.17) is 23.4 Å². The van der Waals surface area contributed by atoms with Crippen molar-refractivity contribution in [2.24, 2.45) is 11.8 Å². The van der Waals surface area contributed by atoms with Gasteiger partial charge >= 0.3 is 17.6 Å². The third-order valence-corrected chi connectivity index (χ3v) is 13.1. The number of benzene rings is 3. The zero-order chi connectivity index (χ0) is 39.7. The van der Waals surface area contributed by atoms with Gasteiger partial charge in [-0.3, -0.25) is 4.79 Å². The fraction of sp³-hybridized carbons (Fsp3) is 0.449. The predicted molar refractivity (Wildman–Crippen MR) is 219 cm³/mol. The number of rotatable bonds is 5. The van der Waals surface area contributed by atoms with Gasteiger partial charge in [-0.25, -0.2) is 9.59 Å². The first-order valence-electron chi connectivity index (χ1n) is 20.8. The highest BCUT2D eigenvalue weighted by molar-refractivity contribution is 5.90. The van der Waals surface area contributed by atoms with Crippen LogP contribution in [0.4, 0.5) is 0 Å². The van der Waals surface area contributed by atoms with Crippen molar-refractivity contribution in [1.82, 2.24) is 0 Å². The van der Waals surface area contributed by atoms with Gasteiger partial charge in [0.2, 0.25) is 0 Å². The number of carbonyl (C=O) groups is 2. The molecule has 1 fully saturated rings. The van der Waals surface area contributed by atoms with Crippen molar-refractivity contribution < 1.29 is 33.0 Å². The molecule has 4 heterocycles. The molecule has 0 N–H and O–H groups in total. The first-order valence-corrected chi connectivity index (χ1v) is 20.8. The van der Waals surface area contributed by atoms with Crippen molar-refractivity contribution in [2.75, 3.05) is 13.7 Å². The van der Waals surface area contributed by atoms with E-state index in [0.29, 0.717) is 53.7 Å². The van der Waals surface area contributed by atoms with E-state index < -0.39 is 35.4 Å². The molecule has 0 unspecified atom stereocenters. The molecule has 2 aliphatic carbocycles. The lowest BCUT2D eigenvalue weighted by Gasteiger charge is -2.50. The van der Waals surface area contributed by atoms with Crippen LogP contribution in [-0.4, -0.2) is 37.4 Å². The Morgan fingerprint density at radius 3 is 2.37 bits per heavy atom. The number of allylic oxidation sites excluding steroid dienone is 3. The number of ether oxygens (including phenoxy) is 4. The molecule has 5 aliphatic rings. The molecular weight excluding hydrogens is 717 g/mol. The van der Waals surface area contributed by atoms with Crippen LogP contribution in [0.15, 0.2) is 105 Å². The van der Waals surface area contributed by atoms with Crippen molar-refractivity contribution in [3.05, 3.63) is 134 Å². The summed E-state index contributed by atoms with van der Waals surface area (Å²) in [4.78, 5) is 42.9. The third-order valence-electron chi connectivity index (χ3n) is 13.1. The Balaban J connectivity index is 1.28. The lowest BCUT2D eigenvalue weighted by atomic mass is 9.71. The van der Waals surface area contributed by atoms with Gasteiger partial charge in [0.1, 0.15) is 16.9 Å². The first-order chi connectivity index (χ1) is 27.6. The van der Waals surface area contributed by atoms with Gasteiger partial charge in [-0.15, -0.1) is 0 Å². The fourth-order valence-electron chi connectivity index (χ4n) is 9.84. The Kier molecular flexibility index (Phi) is 11.3. The molecule has 1 aromatic heterocycles. The Bertz CT molecular complexity index is 2220. The molecule has 9 rings (SSSR count). The number of carbonyl (C=O) groups excluding carboxylic acids is 2. The highest BCUT2D eigenvalue weighted by atomic mass is 16.6. The maximum absolute atomic E-state index is 14.8. The van der Waals surface area contributed by atoms with Crippen LogP contribution in [0.5, 0.6) is 5.75 Å². The molecule has 0 radical (unpaired) electrons. The summed E-state index contributed by atoms with van der Waals surface area (Å²) >= 11 is 0. The predicted octanol–water partition coefficient (Wildman–Crippen LogP) is 10.0. The van der Waals surface area contributed by atoms with Gasteiger partial charge in [0.25, 0.3) is 0 Å². The van der Waals surface area contributed by atoms with E-state index in [1.54, 1.807) is 7.11 Å². The molecule has 1 saturated carbocycles. The molecular formula is C49H54O8. The van der Waals surface area contributed by atoms with E-state index in [9.17, 15) is 14.4 Å². The van der Waals surface area contributed by atoms with Crippen molar-refractivity contribution in [3.8, 4) is 5.75 Å². The minimum atomic E-state index is -1.10. The summed E-state index contributed by atoms with van der Waals surface area (Å²) in [6.45, 7) is 6.24. The van der Waals surface area contributed by atoms with Gasteiger partial charge < -0.3 is 23.4 Å². The number of fused-ring (bicyclic) bond motifs is 11. The standard InChI is InChI=1S/C49H54O8/c1-30(2)39-22-17-31-15-18-33(19-16-31)40-23-20-34(32-11-7-5-8-12-32)27-37(40)29-42(50)54-45-43-41(24-21-35-28-36(25-26-53-4)47(51)55-44(35)43)57-49(3,46(45)56-48(39)52)38-13-9-6-10-14-38/h5,7-8,11-12,15-16,18-21,23-24,28,34,37-38,40,45-46H,6,9-10,13-14,17,22,25-27,29H2,1-4H3/t34-,37+,40+,45-,46+,49+/m1/s1. The van der Waals surface area contributed by atoms with Crippen LogP contribution in [0.25, 0.3) is 11.0 Å². The van der Waals surface area contributed by atoms with Gasteiger partial charge in [-0.2, -0.15) is 0 Å². The molecule has 3 aliphatic heterocycles. The molecule has 0 amide bonds. The molecule has 298 valence electrons. The smallest absolute Gasteiger partial charge is 0.339 e. The summed E-state index contributed by atoms with van der Waals surface area (Å²) in [5.74, 6) is -0.291. The summed E-state index contributed by atoms with van der Waals surface area (Å²) in [6, 6.07) is 24.6. The van der Waals surface area contributed by atoms with Gasteiger partial charge in [0, 0.05) is 54.2 Å². The van der Waals surface area contributed by atoms with Crippen LogP contribution in [-0.2, 0) is 36.6 Å². The zero-order valence-corrected chi connectivity index (χ0v) is 33.6. The van der Waals surface area contributed by atoms with E-state index >= 15 is 0 Å². The number of hydrogen-bond donors (Lipinski definition) is 0. The van der Waals surface area contributed by atoms with Crippen LogP contribution in [0.2, 0.25) is 0 Å². The highest BCUT2D eigenvalue weighted by Crippen LogP contribution is 2.52. The Morgan fingerprint density at radius 1 is 0.860 bits per heavy atom. The van der Waals surface area contributed by atoms with Crippen LogP contribution in [0, 0.1) is 11.8 Å². The average molecular weight is 771 g/mol. The van der Waals surface area contributed by atoms with E-state index in [0.717, 1.165) is 55.2 Å². The Hall–Kier alpha value is -4.95. The molecule has 6 atom stereocenters. The summed E-state index contributed by atoms with van der Waals surface area (Å²) < 4.78 is 31.9. The molecule has 8 nitrogen and oxygen atoms in total. The van der Waals surface area contributed by atoms with Gasteiger partial charge in [-0.1, -0.05) is 91.6 Å². The van der Waals surface area contributed by atoms with Crippen molar-refractivity contribution in [3.63, 3.8) is 0 Å². The maximum atomic E-state index is 14.8. The Morgan fingerprint density at radius 2 is 1.63 bits per heavy atom. The van der Waals surface area contributed by atoms with Crippen molar-refractivity contribution in [1.29, 1.82) is 0 Å². The van der Waals surface area contributed by atoms with E-state index in [1.807, 2.05) is 45.0 Å². The second-order valence-electron chi connectivity index (χ2n) is 16.9. The SMILES string of the molecule is COCCc1cc2ccc3c(c2oc1=O)[C@H]1OC(=O)C[C@@H]2C[C@H](c4ccccc4)C=C[C@H]2c2ccc(cc2)CCC(=C(C)C)C(=O)O[C@@H]1[C@](C)(C1CCCCC1)O3. The van der Waals surface area contributed by atoms with Crippen LogP contribution in [0.3, 0.4) is 0 Å². The average Bonchev–Trinajstić information content (AvgIpc) is 3.21. The van der Waals surface area contributed by atoms with Crippen LogP contribution >= 0.6 is 0 Å². The van der Waals surface area contributed by atoms with Gasteiger partial charge in [0.15, 0.2) is 12.2 Å². The maximum Gasteiger partial charge on any atom is 0.339 e. The topological polar surface area (TPSA) is 101 Å². The minimum absolute atomic E-state index is 0.000268. The van der Waals surface area contributed by atoms with E-state index in [-0.39, 0.29) is 35.7 Å². The third kappa shape index (κ3) is 7.85. The van der Waals surface area contributed by atoms with E-state index in [2.05, 4.69) is 60.7 Å². The number of methoxy groups -OCH3 is 1. The molecule has 57 heavy (non-hydrogen) atoms. The normalized spacial score (nSPS) is 26.8. The van der Waals surface area contributed by atoms with Crippen molar-refractivity contribution in [2.45, 2.75) is 115 Å². The highest BCUT2D eigenvalue weighted by Gasteiger charge is 2.56. The summed E-state index contributed by atoms with van der Waals surface area (Å²) in [5, 5.41) is 0.661. The first kappa shape index (κ1) is 38.9. The number of esters is 2. The van der Waals surface area contributed by atoms with Crippen LogP contribution < -0.4 is 10.4 Å². The quantitative estimate of drug-likeness (QED) is 0.0856. The second-order valence-corrected chi connectivity index (χ2v) is 16.9. The largest absolute Gasteiger partial charge is 0.483 e. The van der Waals surface area contributed by atoms with Crippen molar-refractivity contribution >= 4 is 22.9 Å². The summed E-state index contributed by atoms with van der Waals surface area (Å²) in [5.41, 5.74) is 4.56. The minimum Gasteiger partial charge on any atom is -0.483 e. The zero-order valence-electron chi connectivity index (χ0n) is 33.6. The summed E-state index contributed by atoms with van der Waals surface area (Å²) in [7, 11) is 1.59. The Labute approximate surface area is 335 Å². The molecule has 0 spiro atoms.